The number of rotatable bonds is 8. The molecule has 0 atom stereocenters. The van der Waals surface area contributed by atoms with E-state index in [2.05, 4.69) is 9.97 Å². The quantitative estimate of drug-likeness (QED) is 0.594. The maximum absolute atomic E-state index is 12.4. The molecule has 6 heteroatoms. The lowest BCUT2D eigenvalue weighted by molar-refractivity contribution is 0.130. The van der Waals surface area contributed by atoms with Crippen LogP contribution in [0.15, 0.2) is 34.2 Å². The van der Waals surface area contributed by atoms with E-state index in [1.54, 1.807) is 0 Å². The molecular formula is C17H22N2O3S. The second-order valence-electron chi connectivity index (χ2n) is 4.89. The van der Waals surface area contributed by atoms with Gasteiger partial charge in [0.1, 0.15) is 5.75 Å². The van der Waals surface area contributed by atoms with Crippen LogP contribution in [-0.4, -0.2) is 29.4 Å². The smallest absolute Gasteiger partial charge is 0.255 e. The number of thioether (sulfide) groups is 1. The Kier molecular flexibility index (Phi) is 6.67. The normalized spacial score (nSPS) is 10.7. The molecule has 0 radical (unpaired) electrons. The summed E-state index contributed by atoms with van der Waals surface area (Å²) >= 11 is 1.41. The lowest BCUT2D eigenvalue weighted by Gasteiger charge is -2.10. The monoisotopic (exact) mass is 334 g/mol. The molecule has 1 aromatic heterocycles. The molecule has 0 amide bonds. The third kappa shape index (κ3) is 4.84. The first kappa shape index (κ1) is 17.6. The molecule has 124 valence electrons. The van der Waals surface area contributed by atoms with Crippen molar-refractivity contribution in [1.82, 2.24) is 9.97 Å². The number of hydrogen-bond acceptors (Lipinski definition) is 5. The van der Waals surface area contributed by atoms with Crippen LogP contribution in [0.1, 0.15) is 30.7 Å². The van der Waals surface area contributed by atoms with E-state index in [9.17, 15) is 4.79 Å². The fraction of sp³-hybridized carbons (Fsp3) is 0.412. The van der Waals surface area contributed by atoms with Crippen molar-refractivity contribution >= 4 is 11.8 Å². The lowest BCUT2D eigenvalue weighted by Crippen LogP contribution is -2.19. The molecule has 0 bridgehead atoms. The Bertz CT molecular complexity index is 683. The van der Waals surface area contributed by atoms with E-state index in [0.29, 0.717) is 42.7 Å². The van der Waals surface area contributed by atoms with Crippen LogP contribution in [0.25, 0.3) is 0 Å². The zero-order valence-corrected chi connectivity index (χ0v) is 14.5. The molecule has 1 aromatic carbocycles. The van der Waals surface area contributed by atoms with Gasteiger partial charge in [0.2, 0.25) is 0 Å². The van der Waals surface area contributed by atoms with E-state index >= 15 is 0 Å². The van der Waals surface area contributed by atoms with Crippen LogP contribution in [0.5, 0.6) is 5.75 Å². The number of nitrogens with zero attached hydrogens (tertiary/aromatic N) is 1. The van der Waals surface area contributed by atoms with Gasteiger partial charge < -0.3 is 14.5 Å². The maximum Gasteiger partial charge on any atom is 0.255 e. The predicted octanol–water partition coefficient (Wildman–Crippen LogP) is 3.02. The third-order valence-electron chi connectivity index (χ3n) is 3.33. The Balaban J connectivity index is 2.28. The topological polar surface area (TPSA) is 64.2 Å². The lowest BCUT2D eigenvalue weighted by atomic mass is 10.0. The number of benzene rings is 1. The summed E-state index contributed by atoms with van der Waals surface area (Å²) < 4.78 is 10.9. The zero-order chi connectivity index (χ0) is 16.7. The first-order chi connectivity index (χ1) is 11.2. The van der Waals surface area contributed by atoms with Crippen molar-refractivity contribution in [2.75, 3.05) is 19.5 Å². The zero-order valence-electron chi connectivity index (χ0n) is 13.7. The minimum absolute atomic E-state index is 0.104. The highest BCUT2D eigenvalue weighted by atomic mass is 32.2. The highest BCUT2D eigenvalue weighted by molar-refractivity contribution is 7.98. The summed E-state index contributed by atoms with van der Waals surface area (Å²) in [7, 11) is 0. The summed E-state index contributed by atoms with van der Waals surface area (Å²) in [5, 5.41) is 0.611. The SMILES string of the molecule is CCOCc1nc(SC)[nH]c(=O)c1Cc1ccc(OCC)cc1. The van der Waals surface area contributed by atoms with Crippen LogP contribution in [0.3, 0.4) is 0 Å². The van der Waals surface area contributed by atoms with Gasteiger partial charge in [0.25, 0.3) is 5.56 Å². The van der Waals surface area contributed by atoms with E-state index in [4.69, 9.17) is 9.47 Å². The van der Waals surface area contributed by atoms with Gasteiger partial charge in [-0.1, -0.05) is 23.9 Å². The molecule has 0 unspecified atom stereocenters. The third-order valence-corrected chi connectivity index (χ3v) is 3.91. The fourth-order valence-corrected chi connectivity index (χ4v) is 2.59. The van der Waals surface area contributed by atoms with Gasteiger partial charge >= 0.3 is 0 Å². The Morgan fingerprint density at radius 2 is 1.91 bits per heavy atom. The molecule has 0 saturated carbocycles. The van der Waals surface area contributed by atoms with Crippen LogP contribution in [0.2, 0.25) is 0 Å². The molecule has 0 saturated heterocycles. The van der Waals surface area contributed by atoms with Gasteiger partial charge in [-0.3, -0.25) is 4.79 Å². The Morgan fingerprint density at radius 3 is 2.52 bits per heavy atom. The van der Waals surface area contributed by atoms with Crippen molar-refractivity contribution in [2.45, 2.75) is 32.0 Å². The average Bonchev–Trinajstić information content (AvgIpc) is 2.57. The van der Waals surface area contributed by atoms with Crippen LogP contribution < -0.4 is 10.3 Å². The van der Waals surface area contributed by atoms with Crippen LogP contribution >= 0.6 is 11.8 Å². The minimum Gasteiger partial charge on any atom is -0.494 e. The van der Waals surface area contributed by atoms with E-state index in [1.807, 2.05) is 44.4 Å². The molecule has 0 aliphatic carbocycles. The summed E-state index contributed by atoms with van der Waals surface area (Å²) in [6.07, 6.45) is 2.40. The van der Waals surface area contributed by atoms with Crippen molar-refractivity contribution in [3.8, 4) is 5.75 Å². The summed E-state index contributed by atoms with van der Waals surface area (Å²) in [4.78, 5) is 19.7. The second kappa shape index (κ2) is 8.74. The highest BCUT2D eigenvalue weighted by Gasteiger charge is 2.12. The molecule has 2 rings (SSSR count). The number of H-pyrrole nitrogens is 1. The van der Waals surface area contributed by atoms with Crippen molar-refractivity contribution < 1.29 is 9.47 Å². The van der Waals surface area contributed by atoms with E-state index < -0.39 is 0 Å². The van der Waals surface area contributed by atoms with Crippen LogP contribution in [0, 0.1) is 0 Å². The number of ether oxygens (including phenoxy) is 2. The van der Waals surface area contributed by atoms with Gasteiger partial charge in [0.15, 0.2) is 5.16 Å². The predicted molar refractivity (Wildman–Crippen MR) is 92.4 cm³/mol. The van der Waals surface area contributed by atoms with Gasteiger partial charge in [-0.15, -0.1) is 0 Å². The molecule has 1 heterocycles. The number of aromatic amines is 1. The molecule has 2 aromatic rings. The summed E-state index contributed by atoms with van der Waals surface area (Å²) in [6.45, 7) is 5.45. The summed E-state index contributed by atoms with van der Waals surface area (Å²) in [5.74, 6) is 0.829. The number of aromatic nitrogens is 2. The summed E-state index contributed by atoms with van der Waals surface area (Å²) in [6, 6.07) is 7.77. The Hall–Kier alpha value is -1.79. The average molecular weight is 334 g/mol. The Morgan fingerprint density at radius 1 is 1.17 bits per heavy atom. The van der Waals surface area contributed by atoms with Crippen molar-refractivity contribution in [1.29, 1.82) is 0 Å². The van der Waals surface area contributed by atoms with E-state index in [1.165, 1.54) is 11.8 Å². The van der Waals surface area contributed by atoms with Crippen molar-refractivity contribution in [3.63, 3.8) is 0 Å². The van der Waals surface area contributed by atoms with Crippen LogP contribution in [0.4, 0.5) is 0 Å². The molecule has 0 spiro atoms. The molecule has 0 aliphatic heterocycles. The molecule has 23 heavy (non-hydrogen) atoms. The van der Waals surface area contributed by atoms with Crippen molar-refractivity contribution in [2.24, 2.45) is 0 Å². The summed E-state index contributed by atoms with van der Waals surface area (Å²) in [5.41, 5.74) is 2.29. The standard InChI is InChI=1S/C17H22N2O3S/c1-4-21-11-15-14(16(20)19-17(18-15)23-3)10-12-6-8-13(9-7-12)22-5-2/h6-9H,4-5,10-11H2,1-3H3,(H,18,19,20). The minimum atomic E-state index is -0.104. The molecular weight excluding hydrogens is 312 g/mol. The fourth-order valence-electron chi connectivity index (χ4n) is 2.19. The number of nitrogens with one attached hydrogen (secondary N) is 1. The van der Waals surface area contributed by atoms with Gasteiger partial charge in [0.05, 0.1) is 18.9 Å². The van der Waals surface area contributed by atoms with Gasteiger partial charge in [-0.05, 0) is 37.8 Å². The van der Waals surface area contributed by atoms with Gasteiger partial charge in [-0.25, -0.2) is 4.98 Å². The largest absolute Gasteiger partial charge is 0.494 e. The highest BCUT2D eigenvalue weighted by Crippen LogP contribution is 2.17. The van der Waals surface area contributed by atoms with Gasteiger partial charge in [0, 0.05) is 18.6 Å². The first-order valence-electron chi connectivity index (χ1n) is 7.63. The van der Waals surface area contributed by atoms with Crippen LogP contribution in [-0.2, 0) is 17.8 Å². The maximum atomic E-state index is 12.4. The molecule has 5 nitrogen and oxygen atoms in total. The molecule has 0 fully saturated rings. The second-order valence-corrected chi connectivity index (χ2v) is 5.69. The van der Waals surface area contributed by atoms with Crippen molar-refractivity contribution in [3.05, 3.63) is 51.4 Å². The van der Waals surface area contributed by atoms with E-state index in [-0.39, 0.29) is 5.56 Å². The Labute approximate surface area is 140 Å². The van der Waals surface area contributed by atoms with E-state index in [0.717, 1.165) is 11.3 Å². The van der Waals surface area contributed by atoms with Gasteiger partial charge in [-0.2, -0.15) is 0 Å². The first-order valence-corrected chi connectivity index (χ1v) is 8.85. The molecule has 0 aliphatic rings. The number of hydrogen-bond donors (Lipinski definition) is 1. The molecule has 1 N–H and O–H groups in total.